The number of alkyl halides is 6. The molecule has 2 aromatic heterocycles. The zero-order valence-electron chi connectivity index (χ0n) is 15.9. The van der Waals surface area contributed by atoms with E-state index in [2.05, 4.69) is 14.7 Å². The van der Waals surface area contributed by atoms with Crippen molar-refractivity contribution in [2.45, 2.75) is 12.5 Å². The third kappa shape index (κ3) is 6.16. The van der Waals surface area contributed by atoms with E-state index in [9.17, 15) is 36.3 Å². The molecule has 33 heavy (non-hydrogen) atoms. The second-order valence-corrected chi connectivity index (χ2v) is 6.51. The lowest BCUT2D eigenvalue weighted by molar-refractivity contribution is -0.274. The molecule has 0 saturated carbocycles. The maximum Gasteiger partial charge on any atom is 0.573 e. The van der Waals surface area contributed by atoms with Gasteiger partial charge in [0.1, 0.15) is 17.1 Å². The fourth-order valence-corrected chi connectivity index (χ4v) is 2.77. The molecule has 1 aromatic carbocycles. The number of nitrogens with zero attached hydrogens (tertiary/aromatic N) is 3. The summed E-state index contributed by atoms with van der Waals surface area (Å²) in [6.45, 7) is 0. The van der Waals surface area contributed by atoms with Crippen molar-refractivity contribution in [1.82, 2.24) is 9.71 Å². The summed E-state index contributed by atoms with van der Waals surface area (Å²) in [5.74, 6) is -2.48. The minimum absolute atomic E-state index is 0.0219. The maximum atomic E-state index is 13.2. The Hall–Kier alpha value is -3.74. The van der Waals surface area contributed by atoms with Crippen LogP contribution < -0.4 is 14.8 Å². The van der Waals surface area contributed by atoms with E-state index in [-0.39, 0.29) is 11.1 Å². The highest BCUT2D eigenvalue weighted by Gasteiger charge is 2.38. The van der Waals surface area contributed by atoms with Crippen LogP contribution in [0.2, 0.25) is 5.02 Å². The number of benzene rings is 1. The molecule has 2 heterocycles. The molecule has 0 saturated heterocycles. The van der Waals surface area contributed by atoms with E-state index in [1.165, 1.54) is 12.1 Å². The van der Waals surface area contributed by atoms with E-state index in [4.69, 9.17) is 16.3 Å². The molecule has 0 spiro atoms. The van der Waals surface area contributed by atoms with Gasteiger partial charge in [0.2, 0.25) is 0 Å². The van der Waals surface area contributed by atoms with Gasteiger partial charge in [-0.1, -0.05) is 11.6 Å². The largest absolute Gasteiger partial charge is 0.573 e. The monoisotopic (exact) mass is 493 g/mol. The summed E-state index contributed by atoms with van der Waals surface area (Å²) in [5, 5.41) is 8.11. The van der Waals surface area contributed by atoms with Crippen molar-refractivity contribution in [2.75, 3.05) is 0 Å². The number of carbonyl (C=O) groups excluding carboxylic acids is 1. The lowest BCUT2D eigenvalue weighted by Crippen LogP contribution is -2.17. The minimum Gasteiger partial charge on any atom is -0.455 e. The number of ether oxygens (including phenoxy) is 2. The quantitative estimate of drug-likeness (QED) is 0.397. The molecule has 1 N–H and O–H groups in total. The Bertz CT molecular complexity index is 1220. The zero-order chi connectivity index (χ0) is 24.4. The van der Waals surface area contributed by atoms with Crippen molar-refractivity contribution in [2.24, 2.45) is 4.99 Å². The summed E-state index contributed by atoms with van der Waals surface area (Å²) in [5.41, 5.74) is -2.35. The second kappa shape index (κ2) is 9.02. The van der Waals surface area contributed by atoms with Crippen LogP contribution in [0.4, 0.5) is 26.3 Å². The first-order valence-corrected chi connectivity index (χ1v) is 8.97. The summed E-state index contributed by atoms with van der Waals surface area (Å²) < 4.78 is 86.2. The number of aromatic nitrogens is 2. The predicted molar refractivity (Wildman–Crippen MR) is 99.0 cm³/mol. The highest BCUT2D eigenvalue weighted by atomic mass is 35.5. The van der Waals surface area contributed by atoms with Gasteiger partial charge in [-0.25, -0.2) is 14.7 Å². The minimum atomic E-state index is -5.00. The molecular weight excluding hydrogens is 484 g/mol. The first kappa shape index (κ1) is 23.9. The SMILES string of the molecule is O=C(N=c1ccn(O)cc1)c1c(Oc2ccc(OC(F)(F)F)cc2)cnc(C(F)(F)F)c1Cl. The zero-order valence-corrected chi connectivity index (χ0v) is 16.6. The van der Waals surface area contributed by atoms with Gasteiger partial charge in [-0.3, -0.25) is 4.79 Å². The van der Waals surface area contributed by atoms with Gasteiger partial charge in [-0.2, -0.15) is 13.2 Å². The number of pyridine rings is 2. The van der Waals surface area contributed by atoms with E-state index < -0.39 is 46.2 Å². The topological polar surface area (TPSA) is 85.9 Å². The lowest BCUT2D eigenvalue weighted by Gasteiger charge is -2.15. The smallest absolute Gasteiger partial charge is 0.455 e. The summed E-state index contributed by atoms with van der Waals surface area (Å²) in [6, 6.07) is 6.21. The highest BCUT2D eigenvalue weighted by Crippen LogP contribution is 2.39. The third-order valence-electron chi connectivity index (χ3n) is 3.78. The fourth-order valence-electron chi connectivity index (χ4n) is 2.44. The van der Waals surface area contributed by atoms with Crippen LogP contribution in [0.3, 0.4) is 0 Å². The van der Waals surface area contributed by atoms with Crippen LogP contribution in [0.1, 0.15) is 16.1 Å². The molecule has 0 fully saturated rings. The lowest BCUT2D eigenvalue weighted by atomic mass is 10.2. The number of hydrogen-bond donors (Lipinski definition) is 1. The van der Waals surface area contributed by atoms with Crippen LogP contribution in [-0.4, -0.2) is 27.2 Å². The van der Waals surface area contributed by atoms with E-state index in [0.717, 1.165) is 36.7 Å². The average molecular weight is 494 g/mol. The molecule has 0 radical (unpaired) electrons. The Morgan fingerprint density at radius 3 is 2.12 bits per heavy atom. The van der Waals surface area contributed by atoms with Crippen molar-refractivity contribution < 1.29 is 45.8 Å². The molecule has 0 bridgehead atoms. The van der Waals surface area contributed by atoms with E-state index in [0.29, 0.717) is 10.9 Å². The first-order chi connectivity index (χ1) is 15.3. The second-order valence-electron chi connectivity index (χ2n) is 6.13. The number of hydrogen-bond acceptors (Lipinski definition) is 5. The van der Waals surface area contributed by atoms with E-state index in [1.807, 2.05) is 0 Å². The van der Waals surface area contributed by atoms with Crippen LogP contribution in [0.5, 0.6) is 17.2 Å². The Balaban J connectivity index is 2.02. The molecule has 174 valence electrons. The summed E-state index contributed by atoms with van der Waals surface area (Å²) in [6.07, 6.45) is -7.12. The average Bonchev–Trinajstić information content (AvgIpc) is 2.69. The standard InChI is InChI=1S/C19H10ClF6N3O4/c20-15-14(17(30)28-10-5-7-29(31)8-6-10)13(9-27-16(15)18(21,22)23)32-11-1-3-12(4-2-11)33-19(24,25)26/h1-9,31H. The highest BCUT2D eigenvalue weighted by molar-refractivity contribution is 6.35. The molecule has 0 aliphatic rings. The van der Waals surface area contributed by atoms with Gasteiger partial charge in [-0.15, -0.1) is 13.2 Å². The molecule has 7 nitrogen and oxygen atoms in total. The van der Waals surface area contributed by atoms with E-state index >= 15 is 0 Å². The number of carbonyl (C=O) groups is 1. The molecule has 14 heteroatoms. The van der Waals surface area contributed by atoms with Gasteiger partial charge in [0.15, 0.2) is 11.4 Å². The number of amides is 1. The van der Waals surface area contributed by atoms with Crippen LogP contribution >= 0.6 is 11.6 Å². The van der Waals surface area contributed by atoms with E-state index in [1.54, 1.807) is 0 Å². The van der Waals surface area contributed by atoms with Crippen LogP contribution in [0.15, 0.2) is 60.0 Å². The van der Waals surface area contributed by atoms with Gasteiger partial charge in [0.05, 0.1) is 16.6 Å². The van der Waals surface area contributed by atoms with Crippen LogP contribution in [0, 0.1) is 0 Å². The molecule has 3 rings (SSSR count). The Kier molecular flexibility index (Phi) is 6.53. The fraction of sp³-hybridized carbons (Fsp3) is 0.105. The van der Waals surface area contributed by atoms with Gasteiger partial charge >= 0.3 is 12.5 Å². The van der Waals surface area contributed by atoms with Crippen LogP contribution in [0.25, 0.3) is 0 Å². The van der Waals surface area contributed by atoms with Gasteiger partial charge < -0.3 is 14.7 Å². The summed E-state index contributed by atoms with van der Waals surface area (Å²) in [4.78, 5) is 19.5. The Morgan fingerprint density at radius 2 is 1.58 bits per heavy atom. The molecule has 0 aliphatic carbocycles. The van der Waals surface area contributed by atoms with Gasteiger partial charge in [0, 0.05) is 12.4 Å². The number of halogens is 7. The van der Waals surface area contributed by atoms with Gasteiger partial charge in [-0.05, 0) is 36.4 Å². The molecule has 0 aliphatic heterocycles. The van der Waals surface area contributed by atoms with Crippen LogP contribution in [-0.2, 0) is 6.18 Å². The molecule has 1 amide bonds. The first-order valence-electron chi connectivity index (χ1n) is 8.59. The Morgan fingerprint density at radius 1 is 1.00 bits per heavy atom. The molecule has 3 aromatic rings. The Labute approximate surface area is 185 Å². The summed E-state index contributed by atoms with van der Waals surface area (Å²) >= 11 is 5.82. The van der Waals surface area contributed by atoms with Crippen molar-refractivity contribution in [3.8, 4) is 17.2 Å². The molecular formula is C19H10ClF6N3O4. The summed E-state index contributed by atoms with van der Waals surface area (Å²) in [7, 11) is 0. The predicted octanol–water partition coefficient (Wildman–Crippen LogP) is 5.22. The normalized spacial score (nSPS) is 11.7. The van der Waals surface area contributed by atoms with Crippen molar-refractivity contribution >= 4 is 17.5 Å². The molecule has 0 unspecified atom stereocenters. The van der Waals surface area contributed by atoms with Crippen molar-refractivity contribution in [1.29, 1.82) is 0 Å². The third-order valence-corrected chi connectivity index (χ3v) is 4.15. The van der Waals surface area contributed by atoms with Crippen molar-refractivity contribution in [3.63, 3.8) is 0 Å². The maximum absolute atomic E-state index is 13.2. The molecule has 0 atom stereocenters. The van der Waals surface area contributed by atoms with Crippen molar-refractivity contribution in [3.05, 3.63) is 76.6 Å². The van der Waals surface area contributed by atoms with Gasteiger partial charge in [0.25, 0.3) is 5.91 Å². The number of rotatable bonds is 4.